The summed E-state index contributed by atoms with van der Waals surface area (Å²) >= 11 is 0. The summed E-state index contributed by atoms with van der Waals surface area (Å²) in [5.74, 6) is -0.752. The minimum atomic E-state index is -1.00. The number of hydrogen-bond acceptors (Lipinski definition) is 4. The van der Waals surface area contributed by atoms with E-state index in [-0.39, 0.29) is 24.3 Å². The van der Waals surface area contributed by atoms with Crippen molar-refractivity contribution in [3.8, 4) is 0 Å². The summed E-state index contributed by atoms with van der Waals surface area (Å²) in [6, 6.07) is 28.2. The molecule has 0 saturated carbocycles. The SMILES string of the molecule is C=Cc1cccc(C(C(=O)Nc2ccc3ccccc3c2)N(C(=O)C(Cc2ccccc2)NC(=O)OC(C)(C)C)C(C)CC)c1. The minimum absolute atomic E-state index is 0.220. The number of benzene rings is 4. The highest BCUT2D eigenvalue weighted by atomic mass is 16.6. The van der Waals surface area contributed by atoms with E-state index in [0.717, 1.165) is 21.9 Å². The molecule has 0 aromatic heterocycles. The summed E-state index contributed by atoms with van der Waals surface area (Å²) in [5, 5.41) is 7.93. The lowest BCUT2D eigenvalue weighted by atomic mass is 9.96. The maximum Gasteiger partial charge on any atom is 0.408 e. The summed E-state index contributed by atoms with van der Waals surface area (Å²) < 4.78 is 5.55. The maximum atomic E-state index is 14.7. The number of ether oxygens (including phenoxy) is 1. The Kier molecular flexibility index (Phi) is 10.8. The van der Waals surface area contributed by atoms with Crippen LogP contribution in [0.5, 0.6) is 0 Å². The molecule has 0 heterocycles. The van der Waals surface area contributed by atoms with Gasteiger partial charge in [0.2, 0.25) is 5.91 Å². The average Bonchev–Trinajstić information content (AvgIpc) is 3.02. The standard InChI is InChI=1S/C38H43N3O4/c1-7-26(3)41(36(43)33(24-28-15-10-9-11-16-28)40-37(44)45-38(4,5)6)34(31-20-14-17-27(8-2)23-31)35(42)39-32-22-21-29-18-12-13-19-30(29)25-32/h8-23,25-26,33-34H,2,7,24H2,1,3-6H3,(H,39,42)(H,40,44). The number of alkyl carbamates (subject to hydrolysis) is 1. The Balaban J connectivity index is 1.78. The number of carbonyl (C=O) groups excluding carboxylic acids is 3. The van der Waals surface area contributed by atoms with E-state index in [1.165, 1.54) is 0 Å². The van der Waals surface area contributed by atoms with Crippen molar-refractivity contribution in [2.45, 2.75) is 71.2 Å². The Labute approximate surface area is 266 Å². The molecule has 7 heteroatoms. The number of anilines is 1. The monoisotopic (exact) mass is 605 g/mol. The quantitative estimate of drug-likeness (QED) is 0.182. The van der Waals surface area contributed by atoms with Crippen LogP contribution in [-0.4, -0.2) is 40.5 Å². The van der Waals surface area contributed by atoms with Crippen molar-refractivity contribution in [2.24, 2.45) is 0 Å². The molecular formula is C38H43N3O4. The fraction of sp³-hybridized carbons (Fsp3) is 0.289. The van der Waals surface area contributed by atoms with Crippen LogP contribution in [0, 0.1) is 0 Å². The zero-order valence-electron chi connectivity index (χ0n) is 26.7. The van der Waals surface area contributed by atoms with Crippen molar-refractivity contribution in [2.75, 3.05) is 5.32 Å². The second kappa shape index (κ2) is 14.7. The molecule has 3 unspecified atom stereocenters. The van der Waals surface area contributed by atoms with Gasteiger partial charge in [0.1, 0.15) is 17.7 Å². The first-order chi connectivity index (χ1) is 21.5. The first kappa shape index (κ1) is 33.0. The Hall–Kier alpha value is -4.91. The van der Waals surface area contributed by atoms with Gasteiger partial charge in [-0.2, -0.15) is 0 Å². The summed E-state index contributed by atoms with van der Waals surface area (Å²) in [6.45, 7) is 13.1. The van der Waals surface area contributed by atoms with Crippen LogP contribution in [0.4, 0.5) is 10.5 Å². The third-order valence-electron chi connectivity index (χ3n) is 7.60. The molecule has 0 bridgehead atoms. The summed E-state index contributed by atoms with van der Waals surface area (Å²) in [5.41, 5.74) is 2.18. The minimum Gasteiger partial charge on any atom is -0.444 e. The predicted molar refractivity (Wildman–Crippen MR) is 182 cm³/mol. The number of nitrogens with one attached hydrogen (secondary N) is 2. The van der Waals surface area contributed by atoms with E-state index in [4.69, 9.17) is 4.74 Å². The van der Waals surface area contributed by atoms with E-state index in [1.54, 1.807) is 31.7 Å². The van der Waals surface area contributed by atoms with Crippen LogP contribution in [0.15, 0.2) is 104 Å². The molecule has 45 heavy (non-hydrogen) atoms. The Morgan fingerprint density at radius 3 is 2.24 bits per heavy atom. The van der Waals surface area contributed by atoms with E-state index in [1.807, 2.05) is 111 Å². The van der Waals surface area contributed by atoms with E-state index < -0.39 is 23.8 Å². The lowest BCUT2D eigenvalue weighted by Gasteiger charge is -2.38. The zero-order valence-corrected chi connectivity index (χ0v) is 26.7. The number of fused-ring (bicyclic) bond motifs is 1. The molecule has 4 aromatic rings. The highest BCUT2D eigenvalue weighted by Crippen LogP contribution is 2.30. The molecule has 3 atom stereocenters. The van der Waals surface area contributed by atoms with Crippen LogP contribution in [0.2, 0.25) is 0 Å². The molecule has 234 valence electrons. The smallest absolute Gasteiger partial charge is 0.408 e. The van der Waals surface area contributed by atoms with E-state index >= 15 is 0 Å². The van der Waals surface area contributed by atoms with Crippen molar-refractivity contribution in [1.29, 1.82) is 0 Å². The normalized spacial score (nSPS) is 13.3. The third kappa shape index (κ3) is 8.82. The highest BCUT2D eigenvalue weighted by Gasteiger charge is 2.38. The van der Waals surface area contributed by atoms with Gasteiger partial charge < -0.3 is 20.3 Å². The van der Waals surface area contributed by atoms with Crippen LogP contribution < -0.4 is 10.6 Å². The van der Waals surface area contributed by atoms with Gasteiger partial charge in [-0.25, -0.2) is 4.79 Å². The molecule has 3 amide bonds. The average molecular weight is 606 g/mol. The number of rotatable bonds is 11. The van der Waals surface area contributed by atoms with Crippen molar-refractivity contribution in [3.05, 3.63) is 120 Å². The summed E-state index contributed by atoms with van der Waals surface area (Å²) in [4.78, 5) is 43.7. The van der Waals surface area contributed by atoms with E-state index in [9.17, 15) is 14.4 Å². The van der Waals surface area contributed by atoms with Gasteiger partial charge in [0.15, 0.2) is 0 Å². The Morgan fingerprint density at radius 1 is 0.889 bits per heavy atom. The van der Waals surface area contributed by atoms with E-state index in [0.29, 0.717) is 17.7 Å². The van der Waals surface area contributed by atoms with Gasteiger partial charge >= 0.3 is 6.09 Å². The number of carbonyl (C=O) groups is 3. The molecule has 0 fully saturated rings. The van der Waals surface area contributed by atoms with Crippen molar-refractivity contribution < 1.29 is 19.1 Å². The van der Waals surface area contributed by atoms with Crippen LogP contribution in [0.3, 0.4) is 0 Å². The number of nitrogens with zero attached hydrogens (tertiary/aromatic N) is 1. The second-order valence-corrected chi connectivity index (χ2v) is 12.2. The van der Waals surface area contributed by atoms with Crippen LogP contribution in [0.25, 0.3) is 16.8 Å². The lowest BCUT2D eigenvalue weighted by Crippen LogP contribution is -2.55. The van der Waals surface area contributed by atoms with Gasteiger partial charge in [-0.05, 0) is 79.8 Å². The second-order valence-electron chi connectivity index (χ2n) is 12.2. The first-order valence-electron chi connectivity index (χ1n) is 15.4. The summed E-state index contributed by atoms with van der Waals surface area (Å²) in [6.07, 6.45) is 1.81. The van der Waals surface area contributed by atoms with Gasteiger partial charge in [0, 0.05) is 18.2 Å². The zero-order chi connectivity index (χ0) is 32.6. The van der Waals surface area contributed by atoms with Crippen LogP contribution in [0.1, 0.15) is 63.8 Å². The van der Waals surface area contributed by atoms with Gasteiger partial charge in [-0.1, -0.05) is 98.4 Å². The fourth-order valence-corrected chi connectivity index (χ4v) is 5.25. The fourth-order valence-electron chi connectivity index (χ4n) is 5.25. The van der Waals surface area contributed by atoms with Gasteiger partial charge in [-0.3, -0.25) is 9.59 Å². The number of hydrogen-bond donors (Lipinski definition) is 2. The predicted octanol–water partition coefficient (Wildman–Crippen LogP) is 7.93. The van der Waals surface area contributed by atoms with Gasteiger partial charge in [0.05, 0.1) is 0 Å². The molecule has 2 N–H and O–H groups in total. The molecule has 0 aliphatic heterocycles. The maximum absolute atomic E-state index is 14.7. The highest BCUT2D eigenvalue weighted by molar-refractivity contribution is 6.00. The molecule has 0 radical (unpaired) electrons. The largest absolute Gasteiger partial charge is 0.444 e. The Bertz CT molecular complexity index is 1640. The number of amides is 3. The molecule has 0 saturated heterocycles. The lowest BCUT2D eigenvalue weighted by molar-refractivity contribution is -0.143. The van der Waals surface area contributed by atoms with Crippen LogP contribution >= 0.6 is 0 Å². The Morgan fingerprint density at radius 2 is 1.58 bits per heavy atom. The molecule has 4 aromatic carbocycles. The molecule has 0 aliphatic carbocycles. The molecule has 0 aliphatic rings. The van der Waals surface area contributed by atoms with E-state index in [2.05, 4.69) is 17.2 Å². The van der Waals surface area contributed by atoms with Crippen LogP contribution in [-0.2, 0) is 20.7 Å². The van der Waals surface area contributed by atoms with Gasteiger partial charge in [-0.15, -0.1) is 0 Å². The first-order valence-corrected chi connectivity index (χ1v) is 15.4. The van der Waals surface area contributed by atoms with Crippen molar-refractivity contribution >= 4 is 40.4 Å². The van der Waals surface area contributed by atoms with Crippen molar-refractivity contribution in [3.63, 3.8) is 0 Å². The third-order valence-corrected chi connectivity index (χ3v) is 7.60. The molecular weight excluding hydrogens is 562 g/mol. The van der Waals surface area contributed by atoms with Crippen molar-refractivity contribution in [1.82, 2.24) is 10.2 Å². The van der Waals surface area contributed by atoms with Gasteiger partial charge in [0.25, 0.3) is 5.91 Å². The summed E-state index contributed by atoms with van der Waals surface area (Å²) in [7, 11) is 0. The molecule has 0 spiro atoms. The topological polar surface area (TPSA) is 87.7 Å². The molecule has 4 rings (SSSR count). The molecule has 7 nitrogen and oxygen atoms in total.